The maximum Gasteiger partial charge on any atom is 0.335 e. The van der Waals surface area contributed by atoms with Gasteiger partial charge in [0.1, 0.15) is 5.01 Å². The van der Waals surface area contributed by atoms with E-state index in [0.717, 1.165) is 29.1 Å². The molecule has 1 aliphatic heterocycles. The standard InChI is InChI=1S/C19H20N2O3S/c1-11(2)13-7-14(9-15(8-13)19(23)24)18(22)21-6-4-5-16(21)17-20-12(3)10-25-17/h7-10,16H,1,4-6H2,2-3H3,(H,23,24). The van der Waals surface area contributed by atoms with E-state index in [0.29, 0.717) is 17.7 Å². The minimum absolute atomic E-state index is 0.0343. The molecule has 3 rings (SSSR count). The topological polar surface area (TPSA) is 70.5 Å². The van der Waals surface area contributed by atoms with Crippen molar-refractivity contribution in [2.24, 2.45) is 0 Å². The third-order valence-electron chi connectivity index (χ3n) is 4.36. The van der Waals surface area contributed by atoms with Crippen LogP contribution >= 0.6 is 11.3 Å². The highest BCUT2D eigenvalue weighted by atomic mass is 32.1. The Bertz CT molecular complexity index is 824. The Morgan fingerprint density at radius 1 is 1.28 bits per heavy atom. The van der Waals surface area contributed by atoms with Gasteiger partial charge in [0.05, 0.1) is 11.6 Å². The summed E-state index contributed by atoms with van der Waals surface area (Å²) >= 11 is 1.57. The molecule has 2 heterocycles. The number of aromatic carboxylic acids is 1. The van der Waals surface area contributed by atoms with Crippen LogP contribution in [0.2, 0.25) is 0 Å². The van der Waals surface area contributed by atoms with E-state index < -0.39 is 5.97 Å². The Kier molecular flexibility index (Phi) is 4.72. The summed E-state index contributed by atoms with van der Waals surface area (Å²) in [6, 6.07) is 4.68. The molecule has 0 radical (unpaired) electrons. The number of carboxylic acid groups (broad SMARTS) is 1. The third-order valence-corrected chi connectivity index (χ3v) is 5.42. The predicted molar refractivity (Wildman–Crippen MR) is 98.0 cm³/mol. The van der Waals surface area contributed by atoms with E-state index in [9.17, 15) is 14.7 Å². The van der Waals surface area contributed by atoms with Gasteiger partial charge in [-0.05, 0) is 50.5 Å². The first-order valence-electron chi connectivity index (χ1n) is 8.14. The first-order chi connectivity index (χ1) is 11.9. The summed E-state index contributed by atoms with van der Waals surface area (Å²) in [5, 5.41) is 12.3. The van der Waals surface area contributed by atoms with Crippen molar-refractivity contribution in [3.63, 3.8) is 0 Å². The lowest BCUT2D eigenvalue weighted by Gasteiger charge is -2.23. The number of aryl methyl sites for hydroxylation is 1. The number of likely N-dealkylation sites (tertiary alicyclic amines) is 1. The van der Waals surface area contributed by atoms with Crippen LogP contribution < -0.4 is 0 Å². The predicted octanol–water partition coefficient (Wildman–Crippen LogP) is 4.16. The van der Waals surface area contributed by atoms with Gasteiger partial charge in [0.15, 0.2) is 0 Å². The second kappa shape index (κ2) is 6.80. The zero-order chi connectivity index (χ0) is 18.1. The van der Waals surface area contributed by atoms with Crippen molar-refractivity contribution in [1.29, 1.82) is 0 Å². The van der Waals surface area contributed by atoms with E-state index in [1.165, 1.54) is 6.07 Å². The molecule has 0 aliphatic carbocycles. The van der Waals surface area contributed by atoms with Crippen molar-refractivity contribution in [3.05, 3.63) is 57.6 Å². The average Bonchev–Trinajstić information content (AvgIpc) is 3.22. The highest BCUT2D eigenvalue weighted by Crippen LogP contribution is 2.35. The molecule has 130 valence electrons. The highest BCUT2D eigenvalue weighted by Gasteiger charge is 2.32. The van der Waals surface area contributed by atoms with Crippen molar-refractivity contribution in [2.45, 2.75) is 32.7 Å². The lowest BCUT2D eigenvalue weighted by molar-refractivity contribution is 0.0697. The SMILES string of the molecule is C=C(C)c1cc(C(=O)O)cc(C(=O)N2CCCC2c2nc(C)cs2)c1. The maximum atomic E-state index is 13.1. The normalized spacial score (nSPS) is 16.9. The molecule has 1 N–H and O–H groups in total. The number of allylic oxidation sites excluding steroid dienone is 1. The Balaban J connectivity index is 1.96. The number of hydrogen-bond acceptors (Lipinski definition) is 4. The van der Waals surface area contributed by atoms with E-state index >= 15 is 0 Å². The number of hydrogen-bond donors (Lipinski definition) is 1. The molecule has 0 spiro atoms. The lowest BCUT2D eigenvalue weighted by atomic mass is 10.0. The second-order valence-electron chi connectivity index (χ2n) is 6.37. The van der Waals surface area contributed by atoms with Crippen molar-refractivity contribution in [3.8, 4) is 0 Å². The molecule has 1 unspecified atom stereocenters. The molecule has 5 nitrogen and oxygen atoms in total. The van der Waals surface area contributed by atoms with Gasteiger partial charge in [0.25, 0.3) is 5.91 Å². The molecule has 6 heteroatoms. The van der Waals surface area contributed by atoms with Crippen molar-refractivity contribution in [1.82, 2.24) is 9.88 Å². The van der Waals surface area contributed by atoms with Crippen LogP contribution in [0, 0.1) is 6.92 Å². The van der Waals surface area contributed by atoms with Crippen LogP contribution in [0.5, 0.6) is 0 Å². The summed E-state index contributed by atoms with van der Waals surface area (Å²) in [4.78, 5) is 30.8. The third kappa shape index (κ3) is 3.49. The van der Waals surface area contributed by atoms with Crippen molar-refractivity contribution >= 4 is 28.8 Å². The smallest absolute Gasteiger partial charge is 0.335 e. The molecule has 2 aromatic rings. The van der Waals surface area contributed by atoms with E-state index in [1.807, 2.05) is 12.3 Å². The van der Waals surface area contributed by atoms with Gasteiger partial charge in [-0.3, -0.25) is 4.79 Å². The molecule has 1 aromatic heterocycles. The van der Waals surface area contributed by atoms with Gasteiger partial charge < -0.3 is 10.0 Å². The molecule has 1 aromatic carbocycles. The number of amides is 1. The first-order valence-corrected chi connectivity index (χ1v) is 9.02. The number of nitrogens with zero attached hydrogens (tertiary/aromatic N) is 2. The molecule has 1 fully saturated rings. The monoisotopic (exact) mass is 356 g/mol. The number of aromatic nitrogens is 1. The second-order valence-corrected chi connectivity index (χ2v) is 7.26. The van der Waals surface area contributed by atoms with Crippen LogP contribution in [-0.4, -0.2) is 33.4 Å². The molecule has 25 heavy (non-hydrogen) atoms. The minimum atomic E-state index is -1.05. The summed E-state index contributed by atoms with van der Waals surface area (Å²) in [6.45, 7) is 8.26. The Morgan fingerprint density at radius 2 is 1.96 bits per heavy atom. The Labute approximate surface area is 150 Å². The van der Waals surface area contributed by atoms with Crippen LogP contribution in [0.15, 0.2) is 30.2 Å². The molecule has 0 saturated carbocycles. The van der Waals surface area contributed by atoms with Crippen LogP contribution in [-0.2, 0) is 0 Å². The van der Waals surface area contributed by atoms with Gasteiger partial charge in [-0.1, -0.05) is 12.2 Å². The maximum absolute atomic E-state index is 13.1. The molecular weight excluding hydrogens is 336 g/mol. The molecule has 1 amide bonds. The van der Waals surface area contributed by atoms with Gasteiger partial charge >= 0.3 is 5.97 Å². The van der Waals surface area contributed by atoms with Crippen LogP contribution in [0.1, 0.15) is 62.8 Å². The first kappa shape index (κ1) is 17.4. The summed E-state index contributed by atoms with van der Waals surface area (Å²) in [7, 11) is 0. The minimum Gasteiger partial charge on any atom is -0.478 e. The van der Waals surface area contributed by atoms with Gasteiger partial charge in [0.2, 0.25) is 0 Å². The van der Waals surface area contributed by atoms with E-state index in [-0.39, 0.29) is 17.5 Å². The van der Waals surface area contributed by atoms with Crippen molar-refractivity contribution < 1.29 is 14.7 Å². The molecular formula is C19H20N2O3S. The fourth-order valence-corrected chi connectivity index (χ4v) is 4.02. The van der Waals surface area contributed by atoms with Crippen LogP contribution in [0.25, 0.3) is 5.57 Å². The lowest BCUT2D eigenvalue weighted by Crippen LogP contribution is -2.30. The van der Waals surface area contributed by atoms with E-state index in [1.54, 1.807) is 35.3 Å². The Hall–Kier alpha value is -2.47. The zero-order valence-electron chi connectivity index (χ0n) is 14.3. The summed E-state index contributed by atoms with van der Waals surface area (Å²) in [5.41, 5.74) is 2.84. The van der Waals surface area contributed by atoms with Gasteiger partial charge in [-0.15, -0.1) is 11.3 Å². The van der Waals surface area contributed by atoms with E-state index in [4.69, 9.17) is 0 Å². The fraction of sp³-hybridized carbons (Fsp3) is 0.316. The Morgan fingerprint density at radius 3 is 2.56 bits per heavy atom. The number of thiazole rings is 1. The highest BCUT2D eigenvalue weighted by molar-refractivity contribution is 7.09. The quantitative estimate of drug-likeness (QED) is 0.893. The number of carbonyl (C=O) groups is 2. The number of benzene rings is 1. The largest absolute Gasteiger partial charge is 0.478 e. The summed E-state index contributed by atoms with van der Waals surface area (Å²) < 4.78 is 0. The van der Waals surface area contributed by atoms with Gasteiger partial charge in [-0.2, -0.15) is 0 Å². The zero-order valence-corrected chi connectivity index (χ0v) is 15.1. The molecule has 1 saturated heterocycles. The van der Waals surface area contributed by atoms with Crippen LogP contribution in [0.3, 0.4) is 0 Å². The average molecular weight is 356 g/mol. The number of rotatable bonds is 4. The molecule has 0 bridgehead atoms. The van der Waals surface area contributed by atoms with E-state index in [2.05, 4.69) is 11.6 Å². The molecule has 1 aliphatic rings. The summed E-state index contributed by atoms with van der Waals surface area (Å²) in [5.74, 6) is -1.20. The molecule has 1 atom stereocenters. The number of carboxylic acids is 1. The van der Waals surface area contributed by atoms with Crippen LogP contribution in [0.4, 0.5) is 0 Å². The summed E-state index contributed by atoms with van der Waals surface area (Å²) in [6.07, 6.45) is 1.80. The van der Waals surface area contributed by atoms with Gasteiger partial charge in [-0.25, -0.2) is 9.78 Å². The number of carbonyl (C=O) groups excluding carboxylic acids is 1. The fourth-order valence-electron chi connectivity index (χ4n) is 3.08. The van der Waals surface area contributed by atoms with Gasteiger partial charge in [0, 0.05) is 23.2 Å². The van der Waals surface area contributed by atoms with Crippen molar-refractivity contribution in [2.75, 3.05) is 6.54 Å².